The van der Waals surface area contributed by atoms with Crippen LogP contribution < -0.4 is 10.2 Å². The second-order valence-corrected chi connectivity index (χ2v) is 7.72. The molecule has 0 bridgehead atoms. The average molecular weight is 463 g/mol. The Morgan fingerprint density at radius 2 is 1.07 bits per heavy atom. The maximum atomic E-state index is 12.2. The van der Waals surface area contributed by atoms with Crippen molar-refractivity contribution in [1.29, 1.82) is 0 Å². The van der Waals surface area contributed by atoms with Gasteiger partial charge in [-0.15, -0.1) is 0 Å². The van der Waals surface area contributed by atoms with Gasteiger partial charge in [0.15, 0.2) is 0 Å². The van der Waals surface area contributed by atoms with Crippen LogP contribution >= 0.6 is 23.2 Å². The molecule has 136 valence electrons. The fourth-order valence-electron chi connectivity index (χ4n) is 3.14. The summed E-state index contributed by atoms with van der Waals surface area (Å²) in [5, 5.41) is 26.6. The molecule has 0 N–H and O–H groups in total. The van der Waals surface area contributed by atoms with Gasteiger partial charge >= 0.3 is 19.5 Å². The number of fused-ring (bicyclic) bond motifs is 2. The minimum absolute atomic E-state index is 0. The van der Waals surface area contributed by atoms with Crippen molar-refractivity contribution in [2.75, 3.05) is 0 Å². The molecule has 4 rings (SSSR count). The molecule has 0 atom stereocenters. The summed E-state index contributed by atoms with van der Waals surface area (Å²) in [4.78, 5) is 9.13. The van der Waals surface area contributed by atoms with E-state index in [4.69, 9.17) is 23.2 Å². The van der Waals surface area contributed by atoms with Crippen LogP contribution in [0.4, 0.5) is 0 Å². The largest absolute Gasteiger partial charge is 2.00 e. The van der Waals surface area contributed by atoms with Gasteiger partial charge in [0.05, 0.1) is 22.4 Å². The number of hydrogen-bond donors (Lipinski definition) is 0. The van der Waals surface area contributed by atoms with E-state index < -0.39 is 5.41 Å². The number of halogens is 2. The topological polar surface area (TPSA) is 71.9 Å². The fraction of sp³-hybridized carbons (Fsp3) is 0.143. The number of rotatable bonds is 2. The van der Waals surface area contributed by atoms with Gasteiger partial charge in [0.2, 0.25) is 0 Å². The van der Waals surface area contributed by atoms with Crippen molar-refractivity contribution in [1.82, 2.24) is 9.97 Å². The zero-order valence-corrected chi connectivity index (χ0v) is 19.8. The van der Waals surface area contributed by atoms with Gasteiger partial charge in [-0.25, -0.2) is 0 Å². The molecule has 0 radical (unpaired) electrons. The van der Waals surface area contributed by atoms with E-state index in [2.05, 4.69) is 9.97 Å². The number of benzene rings is 2. The second-order valence-electron chi connectivity index (χ2n) is 6.90. The predicted octanol–water partition coefficient (Wildman–Crippen LogP) is 4.56. The third-order valence-corrected chi connectivity index (χ3v) is 5.47. The Kier molecular flexibility index (Phi) is 5.55. The van der Waals surface area contributed by atoms with Gasteiger partial charge < -0.3 is 10.2 Å². The van der Waals surface area contributed by atoms with Gasteiger partial charge in [-0.3, -0.25) is 9.97 Å². The molecule has 2 aromatic heterocycles. The molecule has 0 saturated heterocycles. The average Bonchev–Trinajstić information content (AvgIpc) is 2.67. The summed E-state index contributed by atoms with van der Waals surface area (Å²) in [6.07, 6.45) is 0. The predicted molar refractivity (Wildman–Crippen MR) is 105 cm³/mol. The van der Waals surface area contributed by atoms with Crippen LogP contribution in [0.25, 0.3) is 21.8 Å². The molecule has 0 spiro atoms. The van der Waals surface area contributed by atoms with E-state index >= 15 is 0 Å². The smallest absolute Gasteiger partial charge is 0.871 e. The zero-order valence-electron chi connectivity index (χ0n) is 15.3. The van der Waals surface area contributed by atoms with Gasteiger partial charge in [-0.1, -0.05) is 46.8 Å². The summed E-state index contributed by atoms with van der Waals surface area (Å²) >= 11 is 12.3. The quantitative estimate of drug-likeness (QED) is 0.410. The van der Waals surface area contributed by atoms with Crippen LogP contribution in [0.1, 0.15) is 25.2 Å². The molecule has 2 heterocycles. The first kappa shape index (κ1) is 20.8. The van der Waals surface area contributed by atoms with Gasteiger partial charge in [0.1, 0.15) is 0 Å². The van der Waals surface area contributed by atoms with Crippen molar-refractivity contribution in [3.8, 4) is 11.5 Å². The molecule has 0 amide bonds. The first-order valence-corrected chi connectivity index (χ1v) is 9.08. The van der Waals surface area contributed by atoms with Crippen LogP contribution in [0.2, 0.25) is 10.0 Å². The molecule has 28 heavy (non-hydrogen) atoms. The van der Waals surface area contributed by atoms with Crippen LogP contribution in [-0.4, -0.2) is 9.97 Å². The molecule has 0 saturated carbocycles. The Morgan fingerprint density at radius 3 is 1.46 bits per heavy atom. The van der Waals surface area contributed by atoms with Gasteiger partial charge in [0, 0.05) is 26.2 Å². The van der Waals surface area contributed by atoms with E-state index in [0.29, 0.717) is 43.2 Å². The Morgan fingerprint density at radius 1 is 0.679 bits per heavy atom. The fourth-order valence-corrected chi connectivity index (χ4v) is 3.57. The zero-order chi connectivity index (χ0) is 19.3. The third-order valence-electron chi connectivity index (χ3n) is 4.81. The molecule has 7 heteroatoms. The number of pyridine rings is 2. The van der Waals surface area contributed by atoms with E-state index in [9.17, 15) is 10.2 Å². The van der Waals surface area contributed by atoms with Crippen molar-refractivity contribution in [3.63, 3.8) is 0 Å². The standard InChI is InChI=1S/C21H16Cl2N2O2.Zn/c1-21(2,17-9-3-11-13(22)5-7-15(26)19(11)24-17)18-10-4-12-14(23)6-8-16(27)20(12)25-18;/h3-10,26-27H,1-2H3;/q;+2/p-2. The number of nitrogens with zero attached hydrogens (tertiary/aromatic N) is 2. The van der Waals surface area contributed by atoms with Crippen molar-refractivity contribution in [2.24, 2.45) is 0 Å². The number of hydrogen-bond acceptors (Lipinski definition) is 4. The summed E-state index contributed by atoms with van der Waals surface area (Å²) in [6.45, 7) is 3.89. The molecular weight excluding hydrogens is 449 g/mol. The Bertz CT molecular complexity index is 1120. The van der Waals surface area contributed by atoms with Crippen molar-refractivity contribution in [3.05, 3.63) is 70.0 Å². The summed E-state index contributed by atoms with van der Waals surface area (Å²) in [5.74, 6) is -0.376. The Balaban J connectivity index is 0.00000225. The van der Waals surface area contributed by atoms with Crippen molar-refractivity contribution >= 4 is 45.0 Å². The van der Waals surface area contributed by atoms with E-state index in [1.165, 1.54) is 12.1 Å². The van der Waals surface area contributed by atoms with Crippen LogP contribution in [0.15, 0.2) is 48.5 Å². The van der Waals surface area contributed by atoms with E-state index in [0.717, 1.165) is 0 Å². The summed E-state index contributed by atoms with van der Waals surface area (Å²) < 4.78 is 0. The third kappa shape index (κ3) is 3.32. The van der Waals surface area contributed by atoms with E-state index in [1.54, 1.807) is 24.3 Å². The summed E-state index contributed by atoms with van der Waals surface area (Å²) in [6, 6.07) is 13.2. The number of aromatic nitrogens is 2. The molecular formula is C21H14Cl2N2O2Zn. The SMILES string of the molecule is CC(C)(c1ccc2c(Cl)ccc([O-])c2n1)c1ccc2c(Cl)ccc([O-])c2n1.[Zn+2]. The maximum Gasteiger partial charge on any atom is 2.00 e. The normalized spacial score (nSPS) is 11.6. The van der Waals surface area contributed by atoms with Gasteiger partial charge in [0.25, 0.3) is 0 Å². The Hall–Kier alpha value is -1.94. The molecule has 4 aromatic rings. The first-order chi connectivity index (χ1) is 12.8. The van der Waals surface area contributed by atoms with Crippen LogP contribution in [0.5, 0.6) is 11.5 Å². The molecule has 0 aliphatic rings. The summed E-state index contributed by atoms with van der Waals surface area (Å²) in [7, 11) is 0. The second kappa shape index (κ2) is 7.47. The monoisotopic (exact) mass is 460 g/mol. The van der Waals surface area contributed by atoms with E-state index in [1.807, 2.05) is 26.0 Å². The Labute approximate surface area is 184 Å². The summed E-state index contributed by atoms with van der Waals surface area (Å²) in [5.41, 5.74) is 1.33. The van der Waals surface area contributed by atoms with Crippen molar-refractivity contribution < 1.29 is 29.7 Å². The minimum Gasteiger partial charge on any atom is -0.871 e. The molecule has 4 nitrogen and oxygen atoms in total. The molecule has 0 unspecified atom stereocenters. The molecule has 0 fully saturated rings. The van der Waals surface area contributed by atoms with Crippen LogP contribution in [0, 0.1) is 0 Å². The minimum atomic E-state index is -0.633. The molecule has 0 aliphatic heterocycles. The van der Waals surface area contributed by atoms with Gasteiger partial charge in [-0.05, 0) is 50.2 Å². The van der Waals surface area contributed by atoms with Crippen LogP contribution in [0.3, 0.4) is 0 Å². The van der Waals surface area contributed by atoms with Crippen LogP contribution in [-0.2, 0) is 24.9 Å². The van der Waals surface area contributed by atoms with E-state index in [-0.39, 0.29) is 31.0 Å². The molecule has 0 aliphatic carbocycles. The van der Waals surface area contributed by atoms with Crippen molar-refractivity contribution in [2.45, 2.75) is 19.3 Å². The van der Waals surface area contributed by atoms with Gasteiger partial charge in [-0.2, -0.15) is 0 Å². The maximum absolute atomic E-state index is 12.2. The molecule has 2 aromatic carbocycles. The first-order valence-electron chi connectivity index (χ1n) is 8.32.